The molecule has 3 nitrogen and oxygen atoms in total. The summed E-state index contributed by atoms with van der Waals surface area (Å²) in [4.78, 5) is 0. The average Bonchev–Trinajstić information content (AvgIpc) is 1.38. The second kappa shape index (κ2) is 9.83. The fourth-order valence-corrected chi connectivity index (χ4v) is 0. The second-order valence-electron chi connectivity index (χ2n) is 0.805. The molecule has 0 aromatic heterocycles. The molecular weight excluding hydrogens is 167 g/mol. The molecule has 0 saturated heterocycles. The summed E-state index contributed by atoms with van der Waals surface area (Å²) < 4.78 is 0. The van der Waals surface area contributed by atoms with Gasteiger partial charge in [-0.1, -0.05) is 14.4 Å². The maximum atomic E-state index is 6.47. The minimum absolute atomic E-state index is 0. The predicted molar refractivity (Wildman–Crippen MR) is 25.7 cm³/mol. The second-order valence-corrected chi connectivity index (χ2v) is 0.805. The van der Waals surface area contributed by atoms with E-state index in [0.29, 0.717) is 0 Å². The van der Waals surface area contributed by atoms with E-state index in [1.807, 2.05) is 0 Å². The Morgan fingerprint density at radius 3 is 1.86 bits per heavy atom. The number of hydrogen-bond acceptors (Lipinski definition) is 2. The van der Waals surface area contributed by atoms with Crippen LogP contribution in [0.5, 0.6) is 0 Å². The van der Waals surface area contributed by atoms with Gasteiger partial charge in [-0.2, -0.15) is 0 Å². The third-order valence-corrected chi connectivity index (χ3v) is 0.194. The monoisotopic (exact) mass is 177 g/mol. The molecule has 0 aliphatic carbocycles. The van der Waals surface area contributed by atoms with Crippen LogP contribution in [-0.4, -0.2) is 6.17 Å². The van der Waals surface area contributed by atoms with E-state index in [4.69, 9.17) is 11.3 Å². The van der Waals surface area contributed by atoms with E-state index in [2.05, 4.69) is 5.11 Å². The van der Waals surface area contributed by atoms with Crippen molar-refractivity contribution in [2.24, 2.45) is 5.11 Å². The minimum Gasteiger partial charge on any atom is -0.654 e. The molecule has 41 valence electrons. The van der Waals surface area contributed by atoms with Crippen molar-refractivity contribution in [2.45, 2.75) is 20.5 Å². The van der Waals surface area contributed by atoms with E-state index in [1.54, 1.807) is 0 Å². The topological polar surface area (TPSA) is 60.0 Å². The summed E-state index contributed by atoms with van der Waals surface area (Å²) in [5.74, 6) is 0. The van der Waals surface area contributed by atoms with Gasteiger partial charge in [0.1, 0.15) is 0 Å². The summed E-state index contributed by atoms with van der Waals surface area (Å²) in [7, 11) is 0. The quantitative estimate of drug-likeness (QED) is 0.596. The molecule has 0 amide bonds. The van der Waals surface area contributed by atoms with E-state index in [9.17, 15) is 0 Å². The maximum Gasteiger partial charge on any atom is 0 e. The van der Waals surface area contributed by atoms with Gasteiger partial charge in [0.05, 0.1) is 0 Å². The van der Waals surface area contributed by atoms with Crippen molar-refractivity contribution in [1.82, 2.24) is 0 Å². The van der Waals surface area contributed by atoms with E-state index in [1.165, 1.54) is 6.92 Å². The molecule has 4 heteroatoms. The predicted octanol–water partition coefficient (Wildman–Crippen LogP) is 2.05. The van der Waals surface area contributed by atoms with Gasteiger partial charge in [0, 0.05) is 32.7 Å². The summed E-state index contributed by atoms with van der Waals surface area (Å²) in [6.07, 6.45) is -0.574. The summed E-state index contributed by atoms with van der Waals surface area (Å²) >= 11 is 0. The zero-order valence-electron chi connectivity index (χ0n) is 3.60. The van der Waals surface area contributed by atoms with Crippen LogP contribution in [0.15, 0.2) is 5.11 Å². The maximum absolute atomic E-state index is 6.47. The van der Waals surface area contributed by atoms with Gasteiger partial charge in [-0.15, -0.1) is 0 Å². The third kappa shape index (κ3) is 20.4. The number of nitrogens with one attached hydrogen (secondary N) is 2. The normalized spacial score (nSPS) is 10.0. The van der Waals surface area contributed by atoms with Crippen LogP contribution >= 0.6 is 0 Å². The molecule has 1 atom stereocenters. The zero-order chi connectivity index (χ0) is 4.28. The fraction of sp³-hybridized carbons (Fsp3) is 1.00. The number of nitrogens with zero attached hydrogens (tertiary/aromatic N) is 1. The van der Waals surface area contributed by atoms with Crippen LogP contribution in [0.1, 0.15) is 14.4 Å². The number of hydrogen-bond donors (Lipinski definition) is 1. The molecule has 0 aliphatic heterocycles. The van der Waals surface area contributed by atoms with Crippen molar-refractivity contribution in [1.29, 1.82) is 5.53 Å². The van der Waals surface area contributed by atoms with Gasteiger partial charge in [0.25, 0.3) is 0 Å². The average molecular weight is 177 g/mol. The Labute approximate surface area is 69.4 Å². The van der Waals surface area contributed by atoms with Gasteiger partial charge in [-0.3, -0.25) is 0 Å². The van der Waals surface area contributed by atoms with Crippen LogP contribution in [0.3, 0.4) is 0 Å². The Kier molecular flexibility index (Phi) is 22.0. The van der Waals surface area contributed by atoms with E-state index >= 15 is 0 Å². The van der Waals surface area contributed by atoms with Gasteiger partial charge in [0.15, 0.2) is 0 Å². The van der Waals surface area contributed by atoms with Gasteiger partial charge in [-0.25, -0.2) is 10.6 Å². The Morgan fingerprint density at radius 2 is 1.86 bits per heavy atom. The van der Waals surface area contributed by atoms with E-state index in [-0.39, 0.29) is 40.1 Å². The molecule has 2 N–H and O–H groups in total. The van der Waals surface area contributed by atoms with Gasteiger partial charge >= 0.3 is 0 Å². The molecule has 0 aliphatic rings. The first-order valence-electron chi connectivity index (χ1n) is 1.35. The molecule has 0 aromatic carbocycles. The first-order chi connectivity index (χ1) is 2.27. The molecule has 0 rings (SSSR count). The molecule has 1 unspecified atom stereocenters. The first-order valence-corrected chi connectivity index (χ1v) is 1.35. The van der Waals surface area contributed by atoms with Crippen LogP contribution in [-0.2, 0) is 32.7 Å². The Morgan fingerprint density at radius 1 is 1.71 bits per heavy atom. The van der Waals surface area contributed by atoms with Crippen molar-refractivity contribution in [3.8, 4) is 0 Å². The summed E-state index contributed by atoms with van der Waals surface area (Å²) in [6, 6.07) is 0. The molecule has 0 saturated carbocycles. The largest absolute Gasteiger partial charge is 0.654 e. The van der Waals surface area contributed by atoms with Crippen LogP contribution in [0.4, 0.5) is 0 Å². The van der Waals surface area contributed by atoms with Crippen molar-refractivity contribution < 1.29 is 32.7 Å². The Bertz CT molecular complexity index is 37.2. The molecular formula is C3H10N3Y-. The molecule has 1 radical (unpaired) electrons. The van der Waals surface area contributed by atoms with E-state index in [0.717, 1.165) is 0 Å². The smallest absolute Gasteiger partial charge is 0 e. The molecule has 0 fully saturated rings. The van der Waals surface area contributed by atoms with Crippen LogP contribution < -0.4 is 0 Å². The number of rotatable bonds is 1. The SMILES string of the molecule is C.CC([NH-])N=N.[Y]. The Hall–Kier alpha value is 0.664. The summed E-state index contributed by atoms with van der Waals surface area (Å²) in [6.45, 7) is 1.53. The minimum atomic E-state index is -0.574. The molecule has 0 bridgehead atoms. The van der Waals surface area contributed by atoms with E-state index < -0.39 is 6.17 Å². The standard InChI is InChI=1S/C2H6N3.CH4.Y/c1-2(3)5-4;;/h2-4H,1H3;1H4;/q-1;;. The third-order valence-electron chi connectivity index (χ3n) is 0.194. The molecule has 0 spiro atoms. The van der Waals surface area contributed by atoms with Gasteiger partial charge < -0.3 is 5.73 Å². The molecule has 7 heavy (non-hydrogen) atoms. The van der Waals surface area contributed by atoms with Crippen molar-refractivity contribution in [2.75, 3.05) is 0 Å². The van der Waals surface area contributed by atoms with Crippen LogP contribution in [0.2, 0.25) is 0 Å². The van der Waals surface area contributed by atoms with Crippen molar-refractivity contribution in [3.05, 3.63) is 5.73 Å². The molecule has 0 aromatic rings. The van der Waals surface area contributed by atoms with Crippen LogP contribution in [0.25, 0.3) is 5.73 Å². The van der Waals surface area contributed by atoms with Gasteiger partial charge in [0.2, 0.25) is 0 Å². The summed E-state index contributed by atoms with van der Waals surface area (Å²) in [5.41, 5.74) is 12.6. The molecule has 0 heterocycles. The Balaban J connectivity index is -0.0000000800. The summed E-state index contributed by atoms with van der Waals surface area (Å²) in [5, 5.41) is 2.81. The fourth-order valence-electron chi connectivity index (χ4n) is 0. The van der Waals surface area contributed by atoms with Crippen molar-refractivity contribution in [3.63, 3.8) is 0 Å². The first kappa shape index (κ1) is 15.6. The zero-order valence-corrected chi connectivity index (χ0v) is 6.44. The van der Waals surface area contributed by atoms with Crippen molar-refractivity contribution >= 4 is 0 Å². The van der Waals surface area contributed by atoms with Gasteiger partial charge in [-0.05, 0) is 6.17 Å². The van der Waals surface area contributed by atoms with Crippen LogP contribution in [0, 0.1) is 5.53 Å².